The van der Waals surface area contributed by atoms with E-state index < -0.39 is 11.8 Å². The van der Waals surface area contributed by atoms with Crippen LogP contribution in [0.4, 0.5) is 14.6 Å². The normalized spacial score (nSPS) is 16.8. The lowest BCUT2D eigenvalue weighted by Crippen LogP contribution is -2.32. The van der Waals surface area contributed by atoms with Crippen molar-refractivity contribution in [1.29, 1.82) is 0 Å². The summed E-state index contributed by atoms with van der Waals surface area (Å²) in [6, 6.07) is 0. The zero-order chi connectivity index (χ0) is 13.0. The summed E-state index contributed by atoms with van der Waals surface area (Å²) >= 11 is 0. The maximum absolute atomic E-state index is 13.7. The topological polar surface area (TPSA) is 29.0 Å². The Labute approximate surface area is 106 Å². The first kappa shape index (κ1) is 13.2. The van der Waals surface area contributed by atoms with Gasteiger partial charge < -0.3 is 4.90 Å². The van der Waals surface area contributed by atoms with Crippen LogP contribution in [0.15, 0.2) is 6.33 Å². The van der Waals surface area contributed by atoms with Gasteiger partial charge in [0.25, 0.3) is 5.95 Å². The van der Waals surface area contributed by atoms with Crippen molar-refractivity contribution < 1.29 is 8.78 Å². The monoisotopic (exact) mass is 255 g/mol. The molecule has 1 aliphatic carbocycles. The number of aromatic nitrogens is 2. The first-order valence-corrected chi connectivity index (χ1v) is 6.63. The van der Waals surface area contributed by atoms with Crippen LogP contribution in [0, 0.1) is 17.7 Å². The van der Waals surface area contributed by atoms with Crippen LogP contribution >= 0.6 is 0 Å². The average Bonchev–Trinajstić information content (AvgIpc) is 2.41. The van der Waals surface area contributed by atoms with Crippen molar-refractivity contribution in [3.63, 3.8) is 0 Å². The predicted octanol–water partition coefficient (Wildman–Crippen LogP) is 3.16. The van der Waals surface area contributed by atoms with Crippen molar-refractivity contribution >= 4 is 5.82 Å². The molecule has 1 aromatic rings. The Bertz CT molecular complexity index is 392. The van der Waals surface area contributed by atoms with Crippen molar-refractivity contribution in [3.05, 3.63) is 18.1 Å². The van der Waals surface area contributed by atoms with E-state index >= 15 is 0 Å². The van der Waals surface area contributed by atoms with Gasteiger partial charge in [0.05, 0.1) is 0 Å². The van der Waals surface area contributed by atoms with Gasteiger partial charge in [-0.1, -0.05) is 19.3 Å². The summed E-state index contributed by atoms with van der Waals surface area (Å²) in [5, 5.41) is 0. The average molecular weight is 255 g/mol. The molecule has 1 saturated carbocycles. The minimum Gasteiger partial charge on any atom is -0.354 e. The Kier molecular flexibility index (Phi) is 4.44. The molecular weight excluding hydrogens is 236 g/mol. The van der Waals surface area contributed by atoms with Gasteiger partial charge in [-0.05, 0) is 25.7 Å². The van der Waals surface area contributed by atoms with Gasteiger partial charge in [0.1, 0.15) is 6.33 Å². The zero-order valence-corrected chi connectivity index (χ0v) is 10.7. The van der Waals surface area contributed by atoms with Gasteiger partial charge in [0.2, 0.25) is 5.82 Å². The van der Waals surface area contributed by atoms with Crippen molar-refractivity contribution in [2.75, 3.05) is 18.0 Å². The number of hydrogen-bond donors (Lipinski definition) is 0. The maximum Gasteiger partial charge on any atom is 0.254 e. The van der Waals surface area contributed by atoms with Gasteiger partial charge in [0.15, 0.2) is 5.82 Å². The van der Waals surface area contributed by atoms with Crippen molar-refractivity contribution in [2.24, 2.45) is 5.92 Å². The van der Waals surface area contributed by atoms with Gasteiger partial charge in [-0.3, -0.25) is 0 Å². The molecule has 2 rings (SSSR count). The molecule has 0 N–H and O–H groups in total. The standard InChI is InChI=1S/C13H19F2N3/c1-2-18(8-10-6-4-3-5-7-10)13-11(14)12(15)16-9-17-13/h9-10H,2-8H2,1H3. The fraction of sp³-hybridized carbons (Fsp3) is 0.692. The van der Waals surface area contributed by atoms with E-state index in [1.54, 1.807) is 0 Å². The Morgan fingerprint density at radius 3 is 2.61 bits per heavy atom. The van der Waals surface area contributed by atoms with Gasteiger partial charge in [0, 0.05) is 13.1 Å². The van der Waals surface area contributed by atoms with Crippen LogP contribution in [0.25, 0.3) is 0 Å². The number of anilines is 1. The quantitative estimate of drug-likeness (QED) is 0.774. The second-order valence-corrected chi connectivity index (χ2v) is 4.84. The fourth-order valence-corrected chi connectivity index (χ4v) is 2.61. The molecule has 100 valence electrons. The molecule has 0 aromatic carbocycles. The molecule has 0 amide bonds. The third kappa shape index (κ3) is 2.94. The summed E-state index contributed by atoms with van der Waals surface area (Å²) in [5.41, 5.74) is 0. The van der Waals surface area contributed by atoms with Gasteiger partial charge in [-0.15, -0.1) is 0 Å². The molecule has 3 nitrogen and oxygen atoms in total. The molecule has 0 saturated heterocycles. The van der Waals surface area contributed by atoms with Crippen LogP contribution in [-0.2, 0) is 0 Å². The SMILES string of the molecule is CCN(CC1CCCCC1)c1ncnc(F)c1F. The van der Waals surface area contributed by atoms with Crippen LogP contribution in [0.5, 0.6) is 0 Å². The minimum absolute atomic E-state index is 0.0931. The number of rotatable bonds is 4. The highest BCUT2D eigenvalue weighted by atomic mass is 19.2. The molecule has 1 aromatic heterocycles. The lowest BCUT2D eigenvalue weighted by Gasteiger charge is -2.29. The fourth-order valence-electron chi connectivity index (χ4n) is 2.61. The van der Waals surface area contributed by atoms with E-state index in [-0.39, 0.29) is 5.82 Å². The molecule has 1 aliphatic rings. The van der Waals surface area contributed by atoms with E-state index in [9.17, 15) is 8.78 Å². The summed E-state index contributed by atoms with van der Waals surface area (Å²) in [5.74, 6) is -1.34. The Morgan fingerprint density at radius 1 is 1.22 bits per heavy atom. The van der Waals surface area contributed by atoms with Crippen LogP contribution in [0.2, 0.25) is 0 Å². The van der Waals surface area contributed by atoms with Gasteiger partial charge >= 0.3 is 0 Å². The lowest BCUT2D eigenvalue weighted by atomic mass is 9.89. The summed E-state index contributed by atoms with van der Waals surface area (Å²) in [7, 11) is 0. The molecule has 18 heavy (non-hydrogen) atoms. The molecule has 5 heteroatoms. The second kappa shape index (κ2) is 6.07. The van der Waals surface area contributed by atoms with Gasteiger partial charge in [-0.2, -0.15) is 8.78 Å². The van der Waals surface area contributed by atoms with Crippen molar-refractivity contribution in [2.45, 2.75) is 39.0 Å². The number of halogens is 2. The molecule has 0 spiro atoms. The molecule has 0 atom stereocenters. The molecule has 1 heterocycles. The zero-order valence-electron chi connectivity index (χ0n) is 10.7. The van der Waals surface area contributed by atoms with Crippen LogP contribution < -0.4 is 4.90 Å². The Balaban J connectivity index is 2.09. The molecule has 0 aliphatic heterocycles. The van der Waals surface area contributed by atoms with E-state index in [1.807, 2.05) is 11.8 Å². The molecular formula is C13H19F2N3. The van der Waals surface area contributed by atoms with E-state index in [4.69, 9.17) is 0 Å². The second-order valence-electron chi connectivity index (χ2n) is 4.84. The lowest BCUT2D eigenvalue weighted by molar-refractivity contribution is 0.356. The molecule has 0 radical (unpaired) electrons. The predicted molar refractivity (Wildman–Crippen MR) is 66.4 cm³/mol. The van der Waals surface area contributed by atoms with Crippen LogP contribution in [-0.4, -0.2) is 23.1 Å². The first-order valence-electron chi connectivity index (χ1n) is 6.63. The highest BCUT2D eigenvalue weighted by molar-refractivity contribution is 5.38. The first-order chi connectivity index (χ1) is 8.72. The van der Waals surface area contributed by atoms with E-state index in [2.05, 4.69) is 9.97 Å². The molecule has 0 bridgehead atoms. The third-order valence-corrected chi connectivity index (χ3v) is 3.61. The summed E-state index contributed by atoms with van der Waals surface area (Å²) in [6.07, 6.45) is 7.19. The smallest absolute Gasteiger partial charge is 0.254 e. The Hall–Kier alpha value is -1.26. The highest BCUT2D eigenvalue weighted by Crippen LogP contribution is 2.26. The summed E-state index contributed by atoms with van der Waals surface area (Å²) < 4.78 is 26.8. The van der Waals surface area contributed by atoms with E-state index in [1.165, 1.54) is 32.1 Å². The van der Waals surface area contributed by atoms with Gasteiger partial charge in [-0.25, -0.2) is 9.97 Å². The van der Waals surface area contributed by atoms with E-state index in [0.29, 0.717) is 12.5 Å². The number of hydrogen-bond acceptors (Lipinski definition) is 3. The summed E-state index contributed by atoms with van der Waals surface area (Å²) in [6.45, 7) is 3.32. The molecule has 0 unspecified atom stereocenters. The van der Waals surface area contributed by atoms with Crippen LogP contribution in [0.3, 0.4) is 0 Å². The Morgan fingerprint density at radius 2 is 1.94 bits per heavy atom. The highest BCUT2D eigenvalue weighted by Gasteiger charge is 2.21. The minimum atomic E-state index is -1.07. The van der Waals surface area contributed by atoms with Crippen molar-refractivity contribution in [3.8, 4) is 0 Å². The summed E-state index contributed by atoms with van der Waals surface area (Å²) in [4.78, 5) is 8.91. The third-order valence-electron chi connectivity index (χ3n) is 3.61. The molecule has 1 fully saturated rings. The maximum atomic E-state index is 13.7. The number of nitrogens with zero attached hydrogens (tertiary/aromatic N) is 3. The largest absolute Gasteiger partial charge is 0.354 e. The van der Waals surface area contributed by atoms with E-state index in [0.717, 1.165) is 12.9 Å². The van der Waals surface area contributed by atoms with Crippen molar-refractivity contribution in [1.82, 2.24) is 9.97 Å². The van der Waals surface area contributed by atoms with Crippen LogP contribution in [0.1, 0.15) is 39.0 Å².